The van der Waals surface area contributed by atoms with Crippen molar-refractivity contribution in [2.24, 2.45) is 0 Å². The molecule has 0 spiro atoms. The fourth-order valence-electron chi connectivity index (χ4n) is 1.08. The fraction of sp³-hybridized carbons (Fsp3) is 0.111. The van der Waals surface area contributed by atoms with Gasteiger partial charge in [0, 0.05) is 6.20 Å². The summed E-state index contributed by atoms with van der Waals surface area (Å²) in [6, 6.07) is 3.04. The molecule has 0 aliphatic carbocycles. The van der Waals surface area contributed by atoms with Crippen molar-refractivity contribution in [3.05, 3.63) is 41.3 Å². The lowest BCUT2D eigenvalue weighted by Gasteiger charge is -1.99. The van der Waals surface area contributed by atoms with Crippen LogP contribution in [0, 0.1) is 0 Å². The van der Waals surface area contributed by atoms with Crippen LogP contribution < -0.4 is 5.32 Å². The Kier molecular flexibility index (Phi) is 2.73. The molecule has 0 radical (unpaired) electrons. The Morgan fingerprint density at radius 3 is 3.07 bits per heavy atom. The van der Waals surface area contributed by atoms with E-state index in [1.165, 1.54) is 12.1 Å². The molecule has 0 fully saturated rings. The smallest absolute Gasteiger partial charge is 0.287 e. The third-order valence-electron chi connectivity index (χ3n) is 1.79. The molecule has 2 aromatic rings. The molecule has 0 unspecified atom stereocenters. The largest absolute Gasteiger partial charge is 0.440 e. The maximum absolute atomic E-state index is 11.5. The standard InChI is InChI=1S/C9H8ClN3O2/c10-8-2-1-7(15-8)9(14)12-4-6-3-11-5-13-6/h1-3,5H,4H2,(H,11,13)(H,12,14). The van der Waals surface area contributed by atoms with Crippen molar-refractivity contribution in [1.29, 1.82) is 0 Å². The van der Waals surface area contributed by atoms with Gasteiger partial charge in [0.15, 0.2) is 11.0 Å². The molecule has 78 valence electrons. The number of imidazole rings is 1. The van der Waals surface area contributed by atoms with Gasteiger partial charge in [-0.1, -0.05) is 0 Å². The van der Waals surface area contributed by atoms with E-state index in [2.05, 4.69) is 15.3 Å². The summed E-state index contributed by atoms with van der Waals surface area (Å²) < 4.78 is 4.94. The lowest BCUT2D eigenvalue weighted by atomic mass is 10.4. The normalized spacial score (nSPS) is 10.2. The van der Waals surface area contributed by atoms with Crippen LogP contribution >= 0.6 is 11.6 Å². The SMILES string of the molecule is O=C(NCc1cnc[nH]1)c1ccc(Cl)o1. The van der Waals surface area contributed by atoms with Gasteiger partial charge in [0.1, 0.15) is 0 Å². The van der Waals surface area contributed by atoms with Crippen LogP contribution in [0.25, 0.3) is 0 Å². The molecule has 0 bridgehead atoms. The molecule has 2 heterocycles. The third kappa shape index (κ3) is 2.38. The third-order valence-corrected chi connectivity index (χ3v) is 1.99. The van der Waals surface area contributed by atoms with Gasteiger partial charge in [-0.3, -0.25) is 4.79 Å². The number of amides is 1. The monoisotopic (exact) mass is 225 g/mol. The number of carbonyl (C=O) groups excluding carboxylic acids is 1. The summed E-state index contributed by atoms with van der Waals surface area (Å²) in [6.07, 6.45) is 3.18. The van der Waals surface area contributed by atoms with E-state index in [1.807, 2.05) is 0 Å². The highest BCUT2D eigenvalue weighted by molar-refractivity contribution is 6.29. The van der Waals surface area contributed by atoms with E-state index >= 15 is 0 Å². The quantitative estimate of drug-likeness (QED) is 0.833. The van der Waals surface area contributed by atoms with Crippen LogP contribution in [0.1, 0.15) is 16.2 Å². The number of nitrogens with one attached hydrogen (secondary N) is 2. The Morgan fingerprint density at radius 1 is 1.60 bits per heavy atom. The van der Waals surface area contributed by atoms with Gasteiger partial charge >= 0.3 is 0 Å². The van der Waals surface area contributed by atoms with E-state index in [-0.39, 0.29) is 16.9 Å². The van der Waals surface area contributed by atoms with Crippen molar-refractivity contribution >= 4 is 17.5 Å². The van der Waals surface area contributed by atoms with Gasteiger partial charge in [0.25, 0.3) is 5.91 Å². The lowest BCUT2D eigenvalue weighted by molar-refractivity contribution is 0.0923. The van der Waals surface area contributed by atoms with Crippen LogP contribution in [0.3, 0.4) is 0 Å². The molecule has 0 saturated carbocycles. The zero-order chi connectivity index (χ0) is 10.7. The van der Waals surface area contributed by atoms with Crippen LogP contribution in [0.15, 0.2) is 29.1 Å². The second-order valence-corrected chi connectivity index (χ2v) is 3.24. The number of nitrogens with zero attached hydrogens (tertiary/aromatic N) is 1. The zero-order valence-electron chi connectivity index (χ0n) is 7.66. The Hall–Kier alpha value is -1.75. The number of H-pyrrole nitrogens is 1. The summed E-state index contributed by atoms with van der Waals surface area (Å²) in [5.41, 5.74) is 0.820. The second kappa shape index (κ2) is 4.18. The van der Waals surface area contributed by atoms with Crippen LogP contribution in [0.4, 0.5) is 0 Å². The predicted molar refractivity (Wildman–Crippen MR) is 53.5 cm³/mol. The first-order valence-corrected chi connectivity index (χ1v) is 4.64. The summed E-state index contributed by atoms with van der Waals surface area (Å²) in [5, 5.41) is 2.85. The maximum atomic E-state index is 11.5. The minimum absolute atomic E-state index is 0.194. The van der Waals surface area contributed by atoms with E-state index in [0.717, 1.165) is 5.69 Å². The molecule has 2 N–H and O–H groups in total. The number of aromatic nitrogens is 2. The summed E-state index contributed by atoms with van der Waals surface area (Å²) in [5.74, 6) is -0.115. The molecule has 0 atom stereocenters. The van der Waals surface area contributed by atoms with E-state index in [1.54, 1.807) is 12.5 Å². The highest BCUT2D eigenvalue weighted by atomic mass is 35.5. The summed E-state index contributed by atoms with van der Waals surface area (Å²) >= 11 is 5.54. The van der Waals surface area contributed by atoms with Gasteiger partial charge in [-0.15, -0.1) is 0 Å². The number of carbonyl (C=O) groups is 1. The molecule has 15 heavy (non-hydrogen) atoms. The lowest BCUT2D eigenvalue weighted by Crippen LogP contribution is -2.22. The van der Waals surface area contributed by atoms with E-state index in [0.29, 0.717) is 6.54 Å². The van der Waals surface area contributed by atoms with Gasteiger partial charge in [0.05, 0.1) is 18.6 Å². The molecule has 5 nitrogen and oxygen atoms in total. The highest BCUT2D eigenvalue weighted by Gasteiger charge is 2.09. The van der Waals surface area contributed by atoms with Crippen molar-refractivity contribution < 1.29 is 9.21 Å². The van der Waals surface area contributed by atoms with Gasteiger partial charge in [-0.25, -0.2) is 4.98 Å². The van der Waals surface area contributed by atoms with E-state index in [4.69, 9.17) is 16.0 Å². The number of furan rings is 1. The van der Waals surface area contributed by atoms with Crippen molar-refractivity contribution in [3.8, 4) is 0 Å². The highest BCUT2D eigenvalue weighted by Crippen LogP contribution is 2.12. The Bertz CT molecular complexity index is 450. The van der Waals surface area contributed by atoms with Crippen molar-refractivity contribution in [1.82, 2.24) is 15.3 Å². The number of rotatable bonds is 3. The molecular weight excluding hydrogens is 218 g/mol. The van der Waals surface area contributed by atoms with Gasteiger partial charge in [-0.2, -0.15) is 0 Å². The van der Waals surface area contributed by atoms with Crippen molar-refractivity contribution in [3.63, 3.8) is 0 Å². The van der Waals surface area contributed by atoms with E-state index in [9.17, 15) is 4.79 Å². The minimum atomic E-state index is -0.309. The first-order chi connectivity index (χ1) is 7.25. The molecular formula is C9H8ClN3O2. The number of hydrogen-bond donors (Lipinski definition) is 2. The summed E-state index contributed by atoms with van der Waals surface area (Å²) in [7, 11) is 0. The van der Waals surface area contributed by atoms with Crippen molar-refractivity contribution in [2.45, 2.75) is 6.54 Å². The minimum Gasteiger partial charge on any atom is -0.440 e. The van der Waals surface area contributed by atoms with Gasteiger partial charge < -0.3 is 14.7 Å². The van der Waals surface area contributed by atoms with E-state index < -0.39 is 0 Å². The molecule has 1 amide bonds. The number of halogens is 1. The molecule has 0 aliphatic heterocycles. The topological polar surface area (TPSA) is 70.9 Å². The van der Waals surface area contributed by atoms with Gasteiger partial charge in [0.2, 0.25) is 0 Å². The second-order valence-electron chi connectivity index (χ2n) is 2.86. The molecule has 2 rings (SSSR count). The first-order valence-electron chi connectivity index (χ1n) is 4.26. The van der Waals surface area contributed by atoms with Crippen LogP contribution in [0.2, 0.25) is 5.22 Å². The Balaban J connectivity index is 1.93. The zero-order valence-corrected chi connectivity index (χ0v) is 8.41. The number of aromatic amines is 1. The first kappa shape index (κ1) is 9.79. The molecule has 6 heteroatoms. The summed E-state index contributed by atoms with van der Waals surface area (Å²) in [4.78, 5) is 18.1. The summed E-state index contributed by atoms with van der Waals surface area (Å²) in [6.45, 7) is 0.372. The van der Waals surface area contributed by atoms with Crippen LogP contribution in [0.5, 0.6) is 0 Å². The van der Waals surface area contributed by atoms with Crippen LogP contribution in [-0.2, 0) is 6.54 Å². The average molecular weight is 226 g/mol. The number of hydrogen-bond acceptors (Lipinski definition) is 3. The van der Waals surface area contributed by atoms with Crippen LogP contribution in [-0.4, -0.2) is 15.9 Å². The van der Waals surface area contributed by atoms with Gasteiger partial charge in [-0.05, 0) is 23.7 Å². The Labute approximate surface area is 90.5 Å². The molecule has 0 saturated heterocycles. The molecule has 0 aromatic carbocycles. The predicted octanol–water partition coefficient (Wildman–Crippen LogP) is 1.59. The molecule has 2 aromatic heterocycles. The maximum Gasteiger partial charge on any atom is 0.287 e. The fourth-order valence-corrected chi connectivity index (χ4v) is 1.23. The average Bonchev–Trinajstić information content (AvgIpc) is 2.84. The van der Waals surface area contributed by atoms with Crippen molar-refractivity contribution in [2.75, 3.05) is 0 Å². The Morgan fingerprint density at radius 2 is 2.47 bits per heavy atom. The molecule has 0 aliphatic rings.